The number of imidazole rings is 1. The number of fused-ring (bicyclic) bond motifs is 1. The van der Waals surface area contributed by atoms with E-state index < -0.39 is 11.7 Å². The topological polar surface area (TPSA) is 81.2 Å². The van der Waals surface area contributed by atoms with Gasteiger partial charge in [-0.05, 0) is 42.5 Å². The van der Waals surface area contributed by atoms with E-state index in [1.807, 2.05) is 17.7 Å². The molecule has 146 valence electrons. The summed E-state index contributed by atoms with van der Waals surface area (Å²) in [4.78, 5) is 29.9. The van der Waals surface area contributed by atoms with Gasteiger partial charge in [0.2, 0.25) is 11.8 Å². The highest BCUT2D eigenvalue weighted by molar-refractivity contribution is 7.99. The number of nitrogens with two attached hydrogens (primary N) is 1. The number of thioether (sulfide) groups is 1. The third-order valence-corrected chi connectivity index (χ3v) is 5.40. The SMILES string of the molecule is Cn1c(SCC(=O)N(CCC(N)=O)c2ccc(F)cc2)nc2cc(Cl)ccc21. The molecule has 6 nitrogen and oxygen atoms in total. The van der Waals surface area contributed by atoms with Crippen molar-refractivity contribution in [2.45, 2.75) is 11.6 Å². The molecule has 0 unspecified atom stereocenters. The number of aromatic nitrogens is 2. The molecule has 1 aromatic heterocycles. The van der Waals surface area contributed by atoms with Crippen LogP contribution >= 0.6 is 23.4 Å². The lowest BCUT2D eigenvalue weighted by Gasteiger charge is -2.22. The molecule has 2 amide bonds. The van der Waals surface area contributed by atoms with Crippen LogP contribution in [0.2, 0.25) is 5.02 Å². The van der Waals surface area contributed by atoms with Crippen LogP contribution in [0, 0.1) is 5.82 Å². The van der Waals surface area contributed by atoms with E-state index in [1.165, 1.54) is 40.9 Å². The summed E-state index contributed by atoms with van der Waals surface area (Å²) in [5.74, 6) is -1.05. The van der Waals surface area contributed by atoms with Crippen molar-refractivity contribution in [2.75, 3.05) is 17.2 Å². The van der Waals surface area contributed by atoms with Gasteiger partial charge in [-0.25, -0.2) is 9.37 Å². The van der Waals surface area contributed by atoms with Gasteiger partial charge < -0.3 is 15.2 Å². The van der Waals surface area contributed by atoms with Gasteiger partial charge in [0.1, 0.15) is 5.82 Å². The molecule has 0 aliphatic heterocycles. The van der Waals surface area contributed by atoms with Crippen molar-refractivity contribution in [3.8, 4) is 0 Å². The average molecular weight is 421 g/mol. The number of nitrogens with zero attached hydrogens (tertiary/aromatic N) is 3. The van der Waals surface area contributed by atoms with E-state index in [9.17, 15) is 14.0 Å². The van der Waals surface area contributed by atoms with Gasteiger partial charge in [0, 0.05) is 30.7 Å². The summed E-state index contributed by atoms with van der Waals surface area (Å²) in [5.41, 5.74) is 7.37. The highest BCUT2D eigenvalue weighted by Gasteiger charge is 2.18. The van der Waals surface area contributed by atoms with Gasteiger partial charge in [0.05, 0.1) is 16.8 Å². The molecule has 0 radical (unpaired) electrons. The lowest BCUT2D eigenvalue weighted by Crippen LogP contribution is -2.35. The third kappa shape index (κ3) is 4.63. The summed E-state index contributed by atoms with van der Waals surface area (Å²) in [5, 5.41) is 1.26. The van der Waals surface area contributed by atoms with Gasteiger partial charge in [0.15, 0.2) is 5.16 Å². The summed E-state index contributed by atoms with van der Waals surface area (Å²) in [6.07, 6.45) is 0.0125. The second kappa shape index (κ2) is 8.62. The van der Waals surface area contributed by atoms with Crippen LogP contribution in [-0.4, -0.2) is 33.7 Å². The Bertz CT molecular complexity index is 1020. The molecular formula is C19H18ClFN4O2S. The summed E-state index contributed by atoms with van der Waals surface area (Å²) in [6, 6.07) is 10.9. The summed E-state index contributed by atoms with van der Waals surface area (Å²) < 4.78 is 15.1. The quantitative estimate of drug-likeness (QED) is 0.594. The Hall–Kier alpha value is -2.58. The standard InChI is InChI=1S/C19H18ClFN4O2S/c1-24-16-7-2-12(20)10-15(16)23-19(24)28-11-18(27)25(9-8-17(22)26)14-5-3-13(21)4-6-14/h2-7,10H,8-9,11H2,1H3,(H2,22,26). The molecular weight excluding hydrogens is 403 g/mol. The van der Waals surface area contributed by atoms with Gasteiger partial charge >= 0.3 is 0 Å². The predicted molar refractivity (Wildman–Crippen MR) is 109 cm³/mol. The van der Waals surface area contributed by atoms with Crippen LogP contribution in [0.3, 0.4) is 0 Å². The van der Waals surface area contributed by atoms with Gasteiger partial charge in [0.25, 0.3) is 0 Å². The smallest absolute Gasteiger partial charge is 0.237 e. The van der Waals surface area contributed by atoms with Crippen molar-refractivity contribution in [1.29, 1.82) is 0 Å². The molecule has 0 saturated carbocycles. The minimum atomic E-state index is -0.514. The van der Waals surface area contributed by atoms with Crippen LogP contribution < -0.4 is 10.6 Å². The molecule has 0 saturated heterocycles. The van der Waals surface area contributed by atoms with E-state index >= 15 is 0 Å². The fourth-order valence-corrected chi connectivity index (χ4v) is 3.75. The van der Waals surface area contributed by atoms with E-state index in [1.54, 1.807) is 12.1 Å². The van der Waals surface area contributed by atoms with Crippen molar-refractivity contribution < 1.29 is 14.0 Å². The Balaban J connectivity index is 1.77. The number of carbonyl (C=O) groups excluding carboxylic acids is 2. The number of benzene rings is 2. The van der Waals surface area contributed by atoms with Crippen molar-refractivity contribution in [1.82, 2.24) is 9.55 Å². The monoisotopic (exact) mass is 420 g/mol. The fourth-order valence-electron chi connectivity index (χ4n) is 2.72. The van der Waals surface area contributed by atoms with Crippen LogP contribution in [0.4, 0.5) is 10.1 Å². The maximum Gasteiger partial charge on any atom is 0.237 e. The Kier molecular flexibility index (Phi) is 6.21. The van der Waals surface area contributed by atoms with Crippen LogP contribution in [0.25, 0.3) is 11.0 Å². The van der Waals surface area contributed by atoms with Gasteiger partial charge in [-0.15, -0.1) is 0 Å². The van der Waals surface area contributed by atoms with E-state index in [4.69, 9.17) is 17.3 Å². The number of amides is 2. The number of carbonyl (C=O) groups is 2. The minimum Gasteiger partial charge on any atom is -0.370 e. The number of hydrogen-bond acceptors (Lipinski definition) is 4. The van der Waals surface area contributed by atoms with Crippen molar-refractivity contribution in [2.24, 2.45) is 12.8 Å². The molecule has 0 aliphatic carbocycles. The molecule has 9 heteroatoms. The molecule has 0 bridgehead atoms. The lowest BCUT2D eigenvalue weighted by atomic mass is 10.2. The Morgan fingerprint density at radius 3 is 2.64 bits per heavy atom. The highest BCUT2D eigenvalue weighted by Crippen LogP contribution is 2.26. The molecule has 1 heterocycles. The molecule has 3 rings (SSSR count). The molecule has 0 spiro atoms. The first-order chi connectivity index (χ1) is 13.3. The van der Waals surface area contributed by atoms with Crippen molar-refractivity contribution in [3.05, 3.63) is 53.3 Å². The first-order valence-corrected chi connectivity index (χ1v) is 9.80. The Labute approximate surface area is 170 Å². The molecule has 3 aromatic rings. The molecule has 2 N–H and O–H groups in total. The highest BCUT2D eigenvalue weighted by atomic mass is 35.5. The largest absolute Gasteiger partial charge is 0.370 e. The van der Waals surface area contributed by atoms with E-state index in [-0.39, 0.29) is 24.6 Å². The predicted octanol–water partition coefficient (Wildman–Crippen LogP) is 3.37. The number of anilines is 1. The van der Waals surface area contributed by atoms with E-state index in [0.717, 1.165) is 11.0 Å². The number of aryl methyl sites for hydroxylation is 1. The summed E-state index contributed by atoms with van der Waals surface area (Å²) in [6.45, 7) is 0.124. The maximum absolute atomic E-state index is 13.2. The zero-order valence-corrected chi connectivity index (χ0v) is 16.6. The summed E-state index contributed by atoms with van der Waals surface area (Å²) in [7, 11) is 1.86. The first-order valence-electron chi connectivity index (χ1n) is 8.44. The number of rotatable bonds is 7. The van der Waals surface area contributed by atoms with Gasteiger partial charge in [-0.3, -0.25) is 9.59 Å². The van der Waals surface area contributed by atoms with E-state index in [0.29, 0.717) is 15.9 Å². The fraction of sp³-hybridized carbons (Fsp3) is 0.211. The van der Waals surface area contributed by atoms with Gasteiger partial charge in [-0.1, -0.05) is 23.4 Å². The zero-order valence-electron chi connectivity index (χ0n) is 15.1. The average Bonchev–Trinajstić information content (AvgIpc) is 2.96. The normalized spacial score (nSPS) is 11.0. The molecule has 0 fully saturated rings. The third-order valence-electron chi connectivity index (χ3n) is 4.15. The number of halogens is 2. The van der Waals surface area contributed by atoms with E-state index in [2.05, 4.69) is 4.98 Å². The van der Waals surface area contributed by atoms with Crippen LogP contribution in [-0.2, 0) is 16.6 Å². The first kappa shape index (κ1) is 20.2. The molecule has 0 aliphatic rings. The van der Waals surface area contributed by atoms with Crippen molar-refractivity contribution >= 4 is 51.9 Å². The maximum atomic E-state index is 13.2. The second-order valence-electron chi connectivity index (χ2n) is 6.11. The molecule has 28 heavy (non-hydrogen) atoms. The minimum absolute atomic E-state index is 0.0125. The molecule has 0 atom stereocenters. The number of primary amides is 1. The molecule has 2 aromatic carbocycles. The number of hydrogen-bond donors (Lipinski definition) is 1. The Morgan fingerprint density at radius 2 is 1.96 bits per heavy atom. The van der Waals surface area contributed by atoms with Crippen molar-refractivity contribution in [3.63, 3.8) is 0 Å². The van der Waals surface area contributed by atoms with Gasteiger partial charge in [-0.2, -0.15) is 0 Å². The lowest BCUT2D eigenvalue weighted by molar-refractivity contribution is -0.118. The Morgan fingerprint density at radius 1 is 1.25 bits per heavy atom. The summed E-state index contributed by atoms with van der Waals surface area (Å²) >= 11 is 7.28. The zero-order chi connectivity index (χ0) is 20.3. The van der Waals surface area contributed by atoms with Crippen LogP contribution in [0.15, 0.2) is 47.6 Å². The van der Waals surface area contributed by atoms with Crippen LogP contribution in [0.5, 0.6) is 0 Å². The second-order valence-corrected chi connectivity index (χ2v) is 7.49. The van der Waals surface area contributed by atoms with Crippen LogP contribution in [0.1, 0.15) is 6.42 Å².